The maximum Gasteiger partial charge on any atom is 0.270 e. The molecule has 100 valence electrons. The minimum atomic E-state index is -0.504. The van der Waals surface area contributed by atoms with Crippen LogP contribution in [0.15, 0.2) is 18.2 Å². The predicted molar refractivity (Wildman–Crippen MR) is 69.9 cm³/mol. The number of ether oxygens (including phenoxy) is 1. The average Bonchev–Trinajstić information content (AvgIpc) is 2.39. The van der Waals surface area contributed by atoms with Crippen molar-refractivity contribution in [2.45, 2.75) is 25.3 Å². The number of non-ortho nitro benzene ring substituents is 1. The molecular weight excluding hydrogens is 246 g/mol. The Hall–Kier alpha value is -2.13. The summed E-state index contributed by atoms with van der Waals surface area (Å²) in [6.07, 6.45) is 1.90. The Balaban J connectivity index is 2.25. The van der Waals surface area contributed by atoms with E-state index >= 15 is 0 Å². The number of nitrogens with zero attached hydrogens (tertiary/aromatic N) is 2. The molecule has 1 aromatic rings. The molecule has 0 bridgehead atoms. The second-order valence-corrected chi connectivity index (χ2v) is 4.94. The highest BCUT2D eigenvalue weighted by atomic mass is 16.6. The minimum Gasteiger partial charge on any atom is -0.379 e. The second-order valence-electron chi connectivity index (χ2n) is 4.94. The van der Waals surface area contributed by atoms with Crippen LogP contribution in [0, 0.1) is 21.4 Å². The molecule has 19 heavy (non-hydrogen) atoms. The van der Waals surface area contributed by atoms with Crippen molar-refractivity contribution in [3.8, 4) is 6.07 Å². The molecule has 1 N–H and O–H groups in total. The Morgan fingerprint density at radius 3 is 2.95 bits per heavy atom. The Kier molecular flexibility index (Phi) is 3.67. The summed E-state index contributed by atoms with van der Waals surface area (Å²) < 4.78 is 5.44. The molecule has 1 atom stereocenters. The van der Waals surface area contributed by atoms with Gasteiger partial charge in [0.25, 0.3) is 5.69 Å². The van der Waals surface area contributed by atoms with Gasteiger partial charge in [0.2, 0.25) is 0 Å². The lowest BCUT2D eigenvalue weighted by Gasteiger charge is -2.35. The van der Waals surface area contributed by atoms with E-state index in [0.29, 0.717) is 12.3 Å². The van der Waals surface area contributed by atoms with E-state index in [1.807, 2.05) is 13.0 Å². The van der Waals surface area contributed by atoms with Crippen LogP contribution in [-0.4, -0.2) is 23.7 Å². The van der Waals surface area contributed by atoms with E-state index in [4.69, 9.17) is 10.00 Å². The molecule has 0 amide bonds. The van der Waals surface area contributed by atoms with E-state index in [1.165, 1.54) is 12.1 Å². The molecule has 1 heterocycles. The smallest absolute Gasteiger partial charge is 0.270 e. The Labute approximate surface area is 111 Å². The van der Waals surface area contributed by atoms with E-state index in [1.54, 1.807) is 6.07 Å². The first kappa shape index (κ1) is 13.3. The molecule has 1 fully saturated rings. The molecule has 0 aliphatic carbocycles. The van der Waals surface area contributed by atoms with Gasteiger partial charge in [-0.1, -0.05) is 0 Å². The average molecular weight is 261 g/mol. The third kappa shape index (κ3) is 3.01. The number of nitro benzene ring substituents is 1. The zero-order valence-corrected chi connectivity index (χ0v) is 10.7. The molecule has 0 aromatic heterocycles. The number of benzene rings is 1. The predicted octanol–water partition coefficient (Wildman–Crippen LogP) is 2.45. The number of hydrogen-bond donors (Lipinski definition) is 1. The highest BCUT2D eigenvalue weighted by molar-refractivity contribution is 5.62. The number of nitro groups is 1. The highest BCUT2D eigenvalue weighted by Crippen LogP contribution is 2.28. The number of anilines is 1. The lowest BCUT2D eigenvalue weighted by Crippen LogP contribution is -2.43. The quantitative estimate of drug-likeness (QED) is 0.666. The first-order valence-corrected chi connectivity index (χ1v) is 6.08. The van der Waals surface area contributed by atoms with Crippen molar-refractivity contribution in [3.05, 3.63) is 33.9 Å². The number of nitriles is 1. The van der Waals surface area contributed by atoms with Gasteiger partial charge < -0.3 is 10.1 Å². The maximum atomic E-state index is 10.7. The van der Waals surface area contributed by atoms with Crippen LogP contribution in [0.5, 0.6) is 0 Å². The van der Waals surface area contributed by atoms with Crippen molar-refractivity contribution in [2.24, 2.45) is 0 Å². The Morgan fingerprint density at radius 1 is 1.58 bits per heavy atom. The van der Waals surface area contributed by atoms with Gasteiger partial charge in [-0.05, 0) is 25.8 Å². The van der Waals surface area contributed by atoms with Gasteiger partial charge in [-0.25, -0.2) is 0 Å². The molecule has 0 radical (unpaired) electrons. The molecule has 0 spiro atoms. The van der Waals surface area contributed by atoms with Crippen LogP contribution in [0.4, 0.5) is 11.4 Å². The van der Waals surface area contributed by atoms with E-state index in [-0.39, 0.29) is 16.8 Å². The summed E-state index contributed by atoms with van der Waals surface area (Å²) in [5.74, 6) is 0. The van der Waals surface area contributed by atoms with Crippen LogP contribution in [0.25, 0.3) is 0 Å². The minimum absolute atomic E-state index is 0.0767. The van der Waals surface area contributed by atoms with Gasteiger partial charge in [0.15, 0.2) is 0 Å². The molecule has 1 aromatic carbocycles. The topological polar surface area (TPSA) is 88.2 Å². The van der Waals surface area contributed by atoms with Crippen LogP contribution >= 0.6 is 0 Å². The SMILES string of the molecule is CC1(Nc2ccc([N+](=O)[O-])cc2C#N)CCCOC1. The van der Waals surface area contributed by atoms with Crippen LogP contribution in [0.1, 0.15) is 25.3 Å². The maximum absolute atomic E-state index is 10.7. The zero-order chi connectivity index (χ0) is 13.9. The molecule has 1 aliphatic rings. The molecular formula is C13H15N3O3. The summed E-state index contributed by atoms with van der Waals surface area (Å²) in [5.41, 5.74) is 0.578. The fourth-order valence-electron chi connectivity index (χ4n) is 2.21. The fraction of sp³-hybridized carbons (Fsp3) is 0.462. The molecule has 0 saturated carbocycles. The van der Waals surface area contributed by atoms with Gasteiger partial charge in [-0.2, -0.15) is 5.26 Å². The third-order valence-corrected chi connectivity index (χ3v) is 3.21. The summed E-state index contributed by atoms with van der Waals surface area (Å²) in [4.78, 5) is 10.2. The van der Waals surface area contributed by atoms with Gasteiger partial charge in [0, 0.05) is 18.7 Å². The van der Waals surface area contributed by atoms with E-state index in [0.717, 1.165) is 19.4 Å². The van der Waals surface area contributed by atoms with Crippen molar-refractivity contribution in [1.29, 1.82) is 5.26 Å². The largest absolute Gasteiger partial charge is 0.379 e. The summed E-state index contributed by atoms with van der Waals surface area (Å²) in [6.45, 7) is 3.34. The second kappa shape index (κ2) is 5.24. The molecule has 2 rings (SSSR count). The van der Waals surface area contributed by atoms with Gasteiger partial charge >= 0.3 is 0 Å². The van der Waals surface area contributed by atoms with Gasteiger partial charge in [-0.15, -0.1) is 0 Å². The van der Waals surface area contributed by atoms with E-state index in [9.17, 15) is 10.1 Å². The third-order valence-electron chi connectivity index (χ3n) is 3.21. The molecule has 6 heteroatoms. The summed E-state index contributed by atoms with van der Waals surface area (Å²) in [6, 6.07) is 6.26. The zero-order valence-electron chi connectivity index (χ0n) is 10.7. The molecule has 1 saturated heterocycles. The van der Waals surface area contributed by atoms with Crippen LogP contribution in [0.3, 0.4) is 0 Å². The van der Waals surface area contributed by atoms with Crippen molar-refractivity contribution in [1.82, 2.24) is 0 Å². The Morgan fingerprint density at radius 2 is 2.37 bits per heavy atom. The summed E-state index contributed by atoms with van der Waals surface area (Å²) in [5, 5.41) is 23.1. The van der Waals surface area contributed by atoms with Gasteiger partial charge in [0.05, 0.1) is 28.3 Å². The standard InChI is InChI=1S/C13H15N3O3/c1-13(5-2-6-19-9-13)15-12-4-3-11(16(17)18)7-10(12)8-14/h3-4,7,15H,2,5-6,9H2,1H3. The Bertz CT molecular complexity index is 530. The lowest BCUT2D eigenvalue weighted by molar-refractivity contribution is -0.384. The number of hydrogen-bond acceptors (Lipinski definition) is 5. The summed E-state index contributed by atoms with van der Waals surface area (Å²) >= 11 is 0. The highest BCUT2D eigenvalue weighted by Gasteiger charge is 2.28. The van der Waals surface area contributed by atoms with Crippen molar-refractivity contribution < 1.29 is 9.66 Å². The van der Waals surface area contributed by atoms with Crippen molar-refractivity contribution >= 4 is 11.4 Å². The molecule has 1 aliphatic heterocycles. The first-order chi connectivity index (χ1) is 9.04. The van der Waals surface area contributed by atoms with Crippen molar-refractivity contribution in [2.75, 3.05) is 18.5 Å². The van der Waals surface area contributed by atoms with Gasteiger partial charge in [0.1, 0.15) is 6.07 Å². The normalized spacial score (nSPS) is 22.5. The van der Waals surface area contributed by atoms with Crippen LogP contribution in [-0.2, 0) is 4.74 Å². The number of nitrogens with one attached hydrogen (secondary N) is 1. The van der Waals surface area contributed by atoms with Crippen molar-refractivity contribution in [3.63, 3.8) is 0 Å². The van der Waals surface area contributed by atoms with Gasteiger partial charge in [-0.3, -0.25) is 10.1 Å². The van der Waals surface area contributed by atoms with Crippen LogP contribution in [0.2, 0.25) is 0 Å². The lowest BCUT2D eigenvalue weighted by atomic mass is 9.94. The number of rotatable bonds is 3. The van der Waals surface area contributed by atoms with Crippen LogP contribution < -0.4 is 5.32 Å². The molecule has 6 nitrogen and oxygen atoms in total. The first-order valence-electron chi connectivity index (χ1n) is 6.08. The summed E-state index contributed by atoms with van der Waals surface area (Å²) in [7, 11) is 0. The fourth-order valence-corrected chi connectivity index (χ4v) is 2.21. The molecule has 1 unspecified atom stereocenters. The van der Waals surface area contributed by atoms with E-state index < -0.39 is 4.92 Å². The van der Waals surface area contributed by atoms with E-state index in [2.05, 4.69) is 5.32 Å². The monoisotopic (exact) mass is 261 g/mol.